The lowest BCUT2D eigenvalue weighted by molar-refractivity contribution is 0.0193. The van der Waals surface area contributed by atoms with Crippen LogP contribution in [0.25, 0.3) is 0 Å². The number of ether oxygens (including phenoxy) is 2. The number of nitrogens with one attached hydrogen (secondary N) is 1. The molecule has 0 aliphatic carbocycles. The van der Waals surface area contributed by atoms with Crippen molar-refractivity contribution in [1.82, 2.24) is 10.2 Å². The van der Waals surface area contributed by atoms with E-state index in [4.69, 9.17) is 9.47 Å². The molecule has 0 saturated carbocycles. The molecule has 1 unspecified atom stereocenters. The number of methoxy groups -OCH3 is 1. The van der Waals surface area contributed by atoms with Gasteiger partial charge in [0, 0.05) is 25.2 Å². The molecule has 0 radical (unpaired) electrons. The summed E-state index contributed by atoms with van der Waals surface area (Å²) >= 11 is 0. The van der Waals surface area contributed by atoms with E-state index in [9.17, 15) is 9.18 Å². The summed E-state index contributed by atoms with van der Waals surface area (Å²) in [5.41, 5.74) is -0.106. The van der Waals surface area contributed by atoms with Gasteiger partial charge in [0.05, 0.1) is 13.2 Å². The van der Waals surface area contributed by atoms with Gasteiger partial charge in [0.1, 0.15) is 17.2 Å². The molecule has 22 heavy (non-hydrogen) atoms. The second-order valence-electron chi connectivity index (χ2n) is 6.29. The monoisotopic (exact) mass is 310 g/mol. The van der Waals surface area contributed by atoms with Crippen LogP contribution in [0.2, 0.25) is 0 Å². The first-order valence-corrected chi connectivity index (χ1v) is 7.35. The Kier molecular flexibility index (Phi) is 4.90. The highest BCUT2D eigenvalue weighted by Gasteiger charge is 2.30. The molecule has 0 bridgehead atoms. The lowest BCUT2D eigenvalue weighted by Gasteiger charge is -2.35. The molecule has 1 aromatic rings. The molecule has 1 aliphatic heterocycles. The maximum absolute atomic E-state index is 14.2. The summed E-state index contributed by atoms with van der Waals surface area (Å²) in [7, 11) is 1.51. The first-order chi connectivity index (χ1) is 10.3. The Morgan fingerprint density at radius 3 is 2.77 bits per heavy atom. The summed E-state index contributed by atoms with van der Waals surface area (Å²) in [4.78, 5) is 13.8. The van der Waals surface area contributed by atoms with Gasteiger partial charge in [-0.1, -0.05) is 6.07 Å². The Morgan fingerprint density at radius 1 is 1.41 bits per heavy atom. The lowest BCUT2D eigenvalue weighted by atomic mass is 10.0. The largest absolute Gasteiger partial charge is 0.496 e. The van der Waals surface area contributed by atoms with Crippen LogP contribution in [-0.2, 0) is 4.74 Å². The molecule has 1 fully saturated rings. The average molecular weight is 310 g/mol. The van der Waals surface area contributed by atoms with E-state index in [-0.39, 0.29) is 18.0 Å². The van der Waals surface area contributed by atoms with Crippen LogP contribution in [-0.4, -0.2) is 43.3 Å². The lowest BCUT2D eigenvalue weighted by Crippen LogP contribution is -2.50. The van der Waals surface area contributed by atoms with Crippen molar-refractivity contribution in [2.24, 2.45) is 0 Å². The van der Waals surface area contributed by atoms with Gasteiger partial charge in [-0.05, 0) is 32.9 Å². The van der Waals surface area contributed by atoms with Crippen LogP contribution in [0.5, 0.6) is 5.75 Å². The number of carbonyl (C=O) groups excluding carboxylic acids is 1. The van der Waals surface area contributed by atoms with Crippen LogP contribution < -0.4 is 10.1 Å². The second-order valence-corrected chi connectivity index (χ2v) is 6.29. The number of hydrogen-bond donors (Lipinski definition) is 1. The van der Waals surface area contributed by atoms with Crippen molar-refractivity contribution in [2.75, 3.05) is 26.7 Å². The van der Waals surface area contributed by atoms with Crippen molar-refractivity contribution < 1.29 is 18.7 Å². The molecule has 1 N–H and O–H groups in total. The maximum atomic E-state index is 14.2. The number of nitrogens with zero attached hydrogens (tertiary/aromatic N) is 1. The van der Waals surface area contributed by atoms with Crippen LogP contribution in [0, 0.1) is 5.82 Å². The van der Waals surface area contributed by atoms with E-state index >= 15 is 0 Å². The van der Waals surface area contributed by atoms with Crippen LogP contribution in [0.4, 0.5) is 9.18 Å². The fourth-order valence-electron chi connectivity index (χ4n) is 2.47. The van der Waals surface area contributed by atoms with Crippen molar-refractivity contribution in [1.29, 1.82) is 0 Å². The van der Waals surface area contributed by atoms with Crippen molar-refractivity contribution >= 4 is 6.09 Å². The van der Waals surface area contributed by atoms with Gasteiger partial charge in [-0.15, -0.1) is 0 Å². The zero-order valence-electron chi connectivity index (χ0n) is 13.5. The van der Waals surface area contributed by atoms with Gasteiger partial charge in [0.2, 0.25) is 0 Å². The average Bonchev–Trinajstić information content (AvgIpc) is 2.45. The standard InChI is InChI=1S/C16H23FN2O3/c1-16(2,3)22-15(20)19-9-8-18-12(10-19)14-11(17)6-5-7-13(14)21-4/h5-7,12,18H,8-10H2,1-4H3. The molecule has 0 aromatic heterocycles. The minimum atomic E-state index is -0.548. The van der Waals surface area contributed by atoms with Crippen molar-refractivity contribution in [3.05, 3.63) is 29.6 Å². The number of carbonyl (C=O) groups is 1. The number of hydrogen-bond acceptors (Lipinski definition) is 4. The second kappa shape index (κ2) is 6.52. The van der Waals surface area contributed by atoms with Gasteiger partial charge in [0.15, 0.2) is 0 Å². The molecule has 1 saturated heterocycles. The molecule has 2 rings (SSSR count). The summed E-state index contributed by atoms with van der Waals surface area (Å²) in [5.74, 6) is 0.131. The highest BCUT2D eigenvalue weighted by atomic mass is 19.1. The molecule has 0 spiro atoms. The summed E-state index contributed by atoms with van der Waals surface area (Å²) in [6.07, 6.45) is -0.380. The third-order valence-electron chi connectivity index (χ3n) is 3.41. The summed E-state index contributed by atoms with van der Waals surface area (Å²) in [6.45, 7) is 6.91. The smallest absolute Gasteiger partial charge is 0.410 e. The summed E-state index contributed by atoms with van der Waals surface area (Å²) in [5, 5.41) is 3.23. The third kappa shape index (κ3) is 3.88. The Balaban J connectivity index is 2.16. The molecule has 1 amide bonds. The van der Waals surface area contributed by atoms with E-state index in [1.165, 1.54) is 13.2 Å². The van der Waals surface area contributed by atoms with Crippen LogP contribution in [0.15, 0.2) is 18.2 Å². The number of rotatable bonds is 2. The molecule has 1 aromatic carbocycles. The number of halogens is 1. The zero-order chi connectivity index (χ0) is 16.3. The van der Waals surface area contributed by atoms with Crippen molar-refractivity contribution in [3.8, 4) is 5.75 Å². The Hall–Kier alpha value is -1.82. The Bertz CT molecular complexity index is 543. The predicted molar refractivity (Wildman–Crippen MR) is 81.5 cm³/mol. The van der Waals surface area contributed by atoms with Crippen LogP contribution in [0.1, 0.15) is 32.4 Å². The normalized spacial score (nSPS) is 19.0. The highest BCUT2D eigenvalue weighted by molar-refractivity contribution is 5.68. The minimum absolute atomic E-state index is 0.322. The first kappa shape index (κ1) is 16.5. The summed E-state index contributed by atoms with van der Waals surface area (Å²) < 4.78 is 24.8. The van der Waals surface area contributed by atoms with E-state index in [0.717, 1.165) is 0 Å². The first-order valence-electron chi connectivity index (χ1n) is 7.35. The molecule has 122 valence electrons. The molecule has 1 aliphatic rings. The number of benzene rings is 1. The molecular formula is C16H23FN2O3. The number of piperazine rings is 1. The summed E-state index contributed by atoms with van der Waals surface area (Å²) in [6, 6.07) is 4.39. The predicted octanol–water partition coefficient (Wildman–Crippen LogP) is 2.72. The molecular weight excluding hydrogens is 287 g/mol. The van der Waals surface area contributed by atoms with E-state index in [0.29, 0.717) is 30.9 Å². The minimum Gasteiger partial charge on any atom is -0.496 e. The Morgan fingerprint density at radius 2 is 2.14 bits per heavy atom. The maximum Gasteiger partial charge on any atom is 0.410 e. The fourth-order valence-corrected chi connectivity index (χ4v) is 2.47. The molecule has 6 heteroatoms. The van der Waals surface area contributed by atoms with Crippen molar-refractivity contribution in [3.63, 3.8) is 0 Å². The van der Waals surface area contributed by atoms with Gasteiger partial charge in [0.25, 0.3) is 0 Å². The SMILES string of the molecule is COc1cccc(F)c1C1CN(C(=O)OC(C)(C)C)CCN1. The molecule has 1 heterocycles. The third-order valence-corrected chi connectivity index (χ3v) is 3.41. The molecule has 5 nitrogen and oxygen atoms in total. The van der Waals surface area contributed by atoms with Gasteiger partial charge >= 0.3 is 6.09 Å². The highest BCUT2D eigenvalue weighted by Crippen LogP contribution is 2.30. The van der Waals surface area contributed by atoms with E-state index in [1.807, 2.05) is 20.8 Å². The Labute approximate surface area is 130 Å². The fraction of sp³-hybridized carbons (Fsp3) is 0.562. The van der Waals surface area contributed by atoms with Gasteiger partial charge in [-0.2, -0.15) is 0 Å². The van der Waals surface area contributed by atoms with E-state index < -0.39 is 5.60 Å². The van der Waals surface area contributed by atoms with Crippen LogP contribution >= 0.6 is 0 Å². The van der Waals surface area contributed by atoms with Gasteiger partial charge in [-0.3, -0.25) is 0 Å². The zero-order valence-corrected chi connectivity index (χ0v) is 13.5. The van der Waals surface area contributed by atoms with Gasteiger partial charge in [-0.25, -0.2) is 9.18 Å². The van der Waals surface area contributed by atoms with Crippen molar-refractivity contribution in [2.45, 2.75) is 32.4 Å². The molecule has 1 atom stereocenters. The van der Waals surface area contributed by atoms with Crippen LogP contribution in [0.3, 0.4) is 0 Å². The number of amides is 1. The quantitative estimate of drug-likeness (QED) is 0.912. The van der Waals surface area contributed by atoms with E-state index in [1.54, 1.807) is 17.0 Å². The van der Waals surface area contributed by atoms with E-state index in [2.05, 4.69) is 5.32 Å². The van der Waals surface area contributed by atoms with Gasteiger partial charge < -0.3 is 19.7 Å². The topological polar surface area (TPSA) is 50.8 Å².